The number of nitrogens with one attached hydrogen (secondary N) is 2. The Kier molecular flexibility index (Phi) is 8.61. The maximum atomic E-state index is 13.1. The number of furan rings is 1. The molecule has 0 saturated heterocycles. The van der Waals surface area contributed by atoms with Gasteiger partial charge in [0.25, 0.3) is 0 Å². The Morgan fingerprint density at radius 2 is 1.85 bits per heavy atom. The van der Waals surface area contributed by atoms with Crippen LogP contribution in [-0.2, 0) is 40.6 Å². The van der Waals surface area contributed by atoms with Gasteiger partial charge in [0, 0.05) is 10.4 Å². The van der Waals surface area contributed by atoms with E-state index in [-0.39, 0.29) is 24.0 Å². The monoisotopic (exact) mass is 681 g/mol. The van der Waals surface area contributed by atoms with Gasteiger partial charge in [-0.2, -0.15) is 0 Å². The van der Waals surface area contributed by atoms with E-state index in [1.54, 1.807) is 35.9 Å². The van der Waals surface area contributed by atoms with Gasteiger partial charge in [0.2, 0.25) is 15.9 Å². The van der Waals surface area contributed by atoms with Gasteiger partial charge in [-0.25, -0.2) is 13.4 Å². The van der Waals surface area contributed by atoms with Crippen LogP contribution in [-0.4, -0.2) is 19.3 Å². The lowest BCUT2D eigenvalue weighted by atomic mass is 9.78. The van der Waals surface area contributed by atoms with Gasteiger partial charge in [0.1, 0.15) is 11.0 Å². The van der Waals surface area contributed by atoms with Gasteiger partial charge >= 0.3 is 0 Å². The molecule has 2 atom stereocenters. The largest absolute Gasteiger partial charge is 0.467 e. The number of carbonyl (C=O) groups is 1. The number of hydrogen-bond donors (Lipinski definition) is 2. The Bertz CT molecular complexity index is 2220. The molecule has 0 aliphatic heterocycles. The molecule has 2 aromatic heterocycles. The van der Waals surface area contributed by atoms with Crippen LogP contribution in [0, 0.1) is 0 Å². The highest BCUT2D eigenvalue weighted by Crippen LogP contribution is 2.39. The van der Waals surface area contributed by atoms with Gasteiger partial charge in [0.05, 0.1) is 24.9 Å². The van der Waals surface area contributed by atoms with Crippen LogP contribution in [0.3, 0.4) is 0 Å². The molecule has 10 heteroatoms. The van der Waals surface area contributed by atoms with Crippen LogP contribution in [0.1, 0.15) is 51.3 Å². The van der Waals surface area contributed by atoms with Crippen molar-refractivity contribution in [3.05, 3.63) is 142 Å². The number of anilines is 1. The van der Waals surface area contributed by atoms with Crippen molar-refractivity contribution in [3.63, 3.8) is 0 Å². The van der Waals surface area contributed by atoms with E-state index in [2.05, 4.69) is 70.1 Å². The first-order valence-electron chi connectivity index (χ1n) is 15.4. The SMILES string of the molecule is C=CC(c1ccc(Cl)cc1)S(=O)(=O)Nc1nc(CC(=O)NCc2occc2C2CCc3c(ccc4c3ccc3ccccc34)C2)cs1. The van der Waals surface area contributed by atoms with Crippen molar-refractivity contribution < 1.29 is 17.6 Å². The van der Waals surface area contributed by atoms with Gasteiger partial charge in [-0.15, -0.1) is 17.9 Å². The fourth-order valence-electron chi connectivity index (χ4n) is 6.61. The third kappa shape index (κ3) is 6.43. The van der Waals surface area contributed by atoms with Crippen LogP contribution < -0.4 is 10.0 Å². The number of fused-ring (bicyclic) bond motifs is 5. The lowest BCUT2D eigenvalue weighted by molar-refractivity contribution is -0.120. The second-order valence-electron chi connectivity index (χ2n) is 11.8. The summed E-state index contributed by atoms with van der Waals surface area (Å²) in [6, 6.07) is 26.1. The smallest absolute Gasteiger partial charge is 0.245 e. The van der Waals surface area contributed by atoms with E-state index in [9.17, 15) is 13.2 Å². The average molecular weight is 682 g/mol. The number of sulfonamides is 1. The maximum absolute atomic E-state index is 13.1. The van der Waals surface area contributed by atoms with E-state index >= 15 is 0 Å². The number of rotatable bonds is 10. The van der Waals surface area contributed by atoms with Crippen LogP contribution in [0.15, 0.2) is 108 Å². The number of benzene rings is 4. The fraction of sp³-hybridized carbons (Fsp3) is 0.189. The number of aromatic nitrogens is 1. The summed E-state index contributed by atoms with van der Waals surface area (Å²) >= 11 is 7.07. The maximum Gasteiger partial charge on any atom is 0.245 e. The molecule has 0 radical (unpaired) electrons. The summed E-state index contributed by atoms with van der Waals surface area (Å²) in [5.74, 6) is 0.820. The van der Waals surface area contributed by atoms with E-state index in [1.165, 1.54) is 38.7 Å². The molecule has 1 aliphatic carbocycles. The lowest BCUT2D eigenvalue weighted by Gasteiger charge is -2.26. The molecule has 7 rings (SSSR count). The first-order valence-corrected chi connectivity index (χ1v) is 18.2. The normalized spacial score (nSPS) is 15.3. The second kappa shape index (κ2) is 13.0. The minimum absolute atomic E-state index is 0.00883. The topological polar surface area (TPSA) is 101 Å². The van der Waals surface area contributed by atoms with Gasteiger partial charge < -0.3 is 9.73 Å². The second-order valence-corrected chi connectivity index (χ2v) is 14.9. The Morgan fingerprint density at radius 1 is 1.04 bits per heavy atom. The summed E-state index contributed by atoms with van der Waals surface area (Å²) in [5.41, 5.74) is 4.92. The molecular weight excluding hydrogens is 650 g/mol. The molecule has 7 nitrogen and oxygen atoms in total. The molecule has 0 saturated carbocycles. The molecule has 0 bridgehead atoms. The minimum atomic E-state index is -3.88. The molecule has 1 aliphatic rings. The Morgan fingerprint density at radius 3 is 2.68 bits per heavy atom. The van der Waals surface area contributed by atoms with Gasteiger partial charge in [-0.1, -0.05) is 78.3 Å². The third-order valence-corrected chi connectivity index (χ3v) is 11.7. The van der Waals surface area contributed by atoms with E-state index in [4.69, 9.17) is 16.0 Å². The van der Waals surface area contributed by atoms with Gasteiger partial charge in [0.15, 0.2) is 5.13 Å². The molecule has 2 N–H and O–H groups in total. The zero-order chi connectivity index (χ0) is 32.5. The highest BCUT2D eigenvalue weighted by atomic mass is 35.5. The van der Waals surface area contributed by atoms with Crippen molar-refractivity contribution in [1.29, 1.82) is 0 Å². The fourth-order valence-corrected chi connectivity index (χ4v) is 9.02. The molecule has 47 heavy (non-hydrogen) atoms. The van der Waals surface area contributed by atoms with Crippen molar-refractivity contribution in [2.75, 3.05) is 4.72 Å². The molecule has 2 heterocycles. The van der Waals surface area contributed by atoms with Crippen LogP contribution in [0.25, 0.3) is 21.5 Å². The zero-order valence-corrected chi connectivity index (χ0v) is 27.8. The van der Waals surface area contributed by atoms with Crippen molar-refractivity contribution >= 4 is 65.5 Å². The summed E-state index contributed by atoms with van der Waals surface area (Å²) < 4.78 is 34.5. The molecule has 0 spiro atoms. The van der Waals surface area contributed by atoms with E-state index < -0.39 is 15.3 Å². The zero-order valence-electron chi connectivity index (χ0n) is 25.4. The van der Waals surface area contributed by atoms with Crippen molar-refractivity contribution in [2.24, 2.45) is 0 Å². The van der Waals surface area contributed by atoms with Crippen molar-refractivity contribution in [2.45, 2.75) is 43.4 Å². The summed E-state index contributed by atoms with van der Waals surface area (Å²) in [7, 11) is -3.88. The summed E-state index contributed by atoms with van der Waals surface area (Å²) in [5, 5.41) is 9.50. The Labute approximate surface area is 282 Å². The number of amides is 1. The molecule has 2 unspecified atom stereocenters. The molecule has 1 amide bonds. The number of thiazole rings is 1. The first-order chi connectivity index (χ1) is 22.8. The number of hydrogen-bond acceptors (Lipinski definition) is 6. The van der Waals surface area contributed by atoms with E-state index in [0.717, 1.165) is 41.9 Å². The van der Waals surface area contributed by atoms with Gasteiger partial charge in [-0.3, -0.25) is 9.52 Å². The lowest BCUT2D eigenvalue weighted by Crippen LogP contribution is -2.25. The van der Waals surface area contributed by atoms with Crippen LogP contribution >= 0.6 is 22.9 Å². The molecule has 0 fully saturated rings. The van der Waals surface area contributed by atoms with Crippen LogP contribution in [0.5, 0.6) is 0 Å². The predicted octanol–water partition coefficient (Wildman–Crippen LogP) is 8.50. The summed E-state index contributed by atoms with van der Waals surface area (Å²) in [4.78, 5) is 17.2. The molecule has 6 aromatic rings. The Balaban J connectivity index is 0.976. The highest BCUT2D eigenvalue weighted by Gasteiger charge is 2.27. The summed E-state index contributed by atoms with van der Waals surface area (Å²) in [6.07, 6.45) is 5.96. The highest BCUT2D eigenvalue weighted by molar-refractivity contribution is 7.93. The van der Waals surface area contributed by atoms with Crippen LogP contribution in [0.4, 0.5) is 5.13 Å². The van der Waals surface area contributed by atoms with Gasteiger partial charge in [-0.05, 0) is 87.2 Å². The predicted molar refractivity (Wildman–Crippen MR) is 190 cm³/mol. The third-order valence-electron chi connectivity index (χ3n) is 8.88. The standard InChI is InChI=1S/C37H32ClN3O4S2/c1-2-35(24-7-12-27(38)13-8-24)47(43,44)41-37-40-28(22-46-37)20-36(42)39-21-34-31(17-18-45-34)26-10-14-30-25(19-26)11-16-32-29-6-4-3-5-23(29)9-15-33(30)32/h2-9,11-13,15-18,22,26,35H,1,10,14,19-21H2,(H,39,42)(H,40,41). The quantitative estimate of drug-likeness (QED) is 0.112. The minimum Gasteiger partial charge on any atom is -0.467 e. The molecular formula is C37H32ClN3O4S2. The van der Waals surface area contributed by atoms with E-state index in [0.29, 0.717) is 22.2 Å². The number of aryl methyl sites for hydroxylation is 1. The number of halogens is 1. The Hall–Kier alpha value is -4.44. The van der Waals surface area contributed by atoms with Crippen molar-refractivity contribution in [1.82, 2.24) is 10.3 Å². The summed E-state index contributed by atoms with van der Waals surface area (Å²) in [6.45, 7) is 3.95. The number of nitrogens with zero attached hydrogens (tertiary/aromatic N) is 1. The first kappa shape index (κ1) is 31.2. The molecule has 238 valence electrons. The average Bonchev–Trinajstić information content (AvgIpc) is 3.73. The van der Waals surface area contributed by atoms with E-state index in [1.807, 2.05) is 6.07 Å². The number of carbonyl (C=O) groups excluding carboxylic acids is 1. The van der Waals surface area contributed by atoms with Crippen molar-refractivity contribution in [3.8, 4) is 0 Å². The van der Waals surface area contributed by atoms with Crippen LogP contribution in [0.2, 0.25) is 5.02 Å². The molecule has 4 aromatic carbocycles.